The quantitative estimate of drug-likeness (QED) is 0.589. The average molecular weight is 479 g/mol. The molecule has 4 atom stereocenters. The molecule has 0 bridgehead atoms. The van der Waals surface area contributed by atoms with Crippen molar-refractivity contribution in [2.45, 2.75) is 57.3 Å². The molecule has 2 amide bonds. The Morgan fingerprint density at radius 1 is 1.32 bits per heavy atom. The van der Waals surface area contributed by atoms with E-state index in [1.165, 1.54) is 31.3 Å². The SMILES string of the molecule is COC1(OC)COC2C(F)CN(C(=O)C(CC(C)C)NC(=O)c3oc4ccc(O)cc4c3C)C21. The lowest BCUT2D eigenvalue weighted by molar-refractivity contribution is -0.227. The van der Waals surface area contributed by atoms with Gasteiger partial charge in [0, 0.05) is 25.2 Å². The Balaban J connectivity index is 1.61. The fourth-order valence-electron chi connectivity index (χ4n) is 4.97. The van der Waals surface area contributed by atoms with Crippen LogP contribution in [0.5, 0.6) is 5.75 Å². The first-order valence-corrected chi connectivity index (χ1v) is 11.3. The molecule has 10 heteroatoms. The third kappa shape index (κ3) is 4.03. The highest BCUT2D eigenvalue weighted by molar-refractivity contribution is 6.01. The largest absolute Gasteiger partial charge is 0.508 e. The van der Waals surface area contributed by atoms with Gasteiger partial charge in [-0.2, -0.15) is 0 Å². The van der Waals surface area contributed by atoms with Crippen LogP contribution >= 0.6 is 0 Å². The highest BCUT2D eigenvalue weighted by Crippen LogP contribution is 2.40. The topological polar surface area (TPSA) is 110 Å². The summed E-state index contributed by atoms with van der Waals surface area (Å²) in [5.74, 6) is -2.11. The molecule has 4 unspecified atom stereocenters. The van der Waals surface area contributed by atoms with Crippen LogP contribution in [0.3, 0.4) is 0 Å². The molecule has 0 aliphatic carbocycles. The Labute approximate surface area is 197 Å². The molecule has 0 saturated carbocycles. The van der Waals surface area contributed by atoms with Gasteiger partial charge in [-0.05, 0) is 37.5 Å². The lowest BCUT2D eigenvalue weighted by Crippen LogP contribution is -2.58. The molecular formula is C24H31FN2O7. The van der Waals surface area contributed by atoms with Crippen molar-refractivity contribution in [3.8, 4) is 5.75 Å². The van der Waals surface area contributed by atoms with E-state index < -0.39 is 42.0 Å². The van der Waals surface area contributed by atoms with E-state index in [4.69, 9.17) is 18.6 Å². The summed E-state index contributed by atoms with van der Waals surface area (Å²) in [7, 11) is 2.86. The Hall–Kier alpha value is -2.69. The number of aryl methyl sites for hydroxylation is 1. The zero-order chi connectivity index (χ0) is 24.8. The number of carbonyl (C=O) groups excluding carboxylic acids is 2. The minimum absolute atomic E-state index is 0.00817. The molecule has 1 aromatic heterocycles. The van der Waals surface area contributed by atoms with Crippen molar-refractivity contribution in [1.82, 2.24) is 10.2 Å². The summed E-state index contributed by atoms with van der Waals surface area (Å²) in [6.45, 7) is 5.38. The van der Waals surface area contributed by atoms with Crippen molar-refractivity contribution in [2.75, 3.05) is 27.4 Å². The molecule has 2 N–H and O–H groups in total. The zero-order valence-corrected chi connectivity index (χ0v) is 20.0. The minimum atomic E-state index is -1.40. The monoisotopic (exact) mass is 478 g/mol. The molecule has 2 aromatic rings. The van der Waals surface area contributed by atoms with Crippen molar-refractivity contribution in [1.29, 1.82) is 0 Å². The molecular weight excluding hydrogens is 447 g/mol. The molecule has 2 saturated heterocycles. The molecule has 186 valence electrons. The van der Waals surface area contributed by atoms with Crippen LogP contribution in [-0.2, 0) is 19.0 Å². The maximum Gasteiger partial charge on any atom is 0.287 e. The number of likely N-dealkylation sites (tertiary alicyclic amines) is 1. The summed E-state index contributed by atoms with van der Waals surface area (Å²) < 4.78 is 37.2. The van der Waals surface area contributed by atoms with Crippen LogP contribution < -0.4 is 5.32 Å². The molecule has 2 fully saturated rings. The number of phenolic OH excluding ortho intramolecular Hbond substituents is 1. The van der Waals surface area contributed by atoms with E-state index in [9.17, 15) is 19.1 Å². The number of rotatable bonds is 7. The number of phenols is 1. The van der Waals surface area contributed by atoms with E-state index in [0.29, 0.717) is 23.0 Å². The number of hydrogen-bond donors (Lipinski definition) is 2. The first-order valence-electron chi connectivity index (χ1n) is 11.3. The van der Waals surface area contributed by atoms with Crippen molar-refractivity contribution < 1.29 is 37.7 Å². The first-order chi connectivity index (χ1) is 16.1. The highest BCUT2D eigenvalue weighted by atomic mass is 19.1. The van der Waals surface area contributed by atoms with E-state index >= 15 is 0 Å². The van der Waals surface area contributed by atoms with Crippen molar-refractivity contribution in [3.05, 3.63) is 29.5 Å². The highest BCUT2D eigenvalue weighted by Gasteiger charge is 2.62. The number of benzene rings is 1. The van der Waals surface area contributed by atoms with Gasteiger partial charge in [-0.25, -0.2) is 4.39 Å². The lowest BCUT2D eigenvalue weighted by atomic mass is 10.00. The normalized spacial score (nSPS) is 24.6. The van der Waals surface area contributed by atoms with Gasteiger partial charge in [-0.1, -0.05) is 13.8 Å². The summed E-state index contributed by atoms with van der Waals surface area (Å²) in [6.07, 6.45) is -1.94. The lowest BCUT2D eigenvalue weighted by Gasteiger charge is -2.37. The van der Waals surface area contributed by atoms with Gasteiger partial charge < -0.3 is 34.0 Å². The first kappa shape index (κ1) is 24.4. The predicted octanol–water partition coefficient (Wildman–Crippen LogP) is 2.53. The number of alkyl halides is 1. The second kappa shape index (κ2) is 9.16. The second-order valence-corrected chi connectivity index (χ2v) is 9.34. The Bertz CT molecular complexity index is 1080. The van der Waals surface area contributed by atoms with Crippen LogP contribution in [0.1, 0.15) is 36.4 Å². The van der Waals surface area contributed by atoms with Crippen LogP contribution in [0, 0.1) is 12.8 Å². The Morgan fingerprint density at radius 2 is 2.03 bits per heavy atom. The molecule has 0 radical (unpaired) electrons. The number of nitrogens with one attached hydrogen (secondary N) is 1. The van der Waals surface area contributed by atoms with Gasteiger partial charge >= 0.3 is 0 Å². The molecule has 2 aliphatic heterocycles. The molecule has 2 aliphatic rings. The molecule has 4 rings (SSSR count). The summed E-state index contributed by atoms with van der Waals surface area (Å²) in [5.41, 5.74) is 0.995. The second-order valence-electron chi connectivity index (χ2n) is 9.34. The number of amides is 2. The maximum absolute atomic E-state index is 14.8. The van der Waals surface area contributed by atoms with E-state index in [-0.39, 0.29) is 30.6 Å². The molecule has 34 heavy (non-hydrogen) atoms. The van der Waals surface area contributed by atoms with Gasteiger partial charge in [0.2, 0.25) is 11.7 Å². The number of ether oxygens (including phenoxy) is 3. The number of carbonyl (C=O) groups is 2. The fourth-order valence-corrected chi connectivity index (χ4v) is 4.97. The van der Waals surface area contributed by atoms with Crippen molar-refractivity contribution in [3.63, 3.8) is 0 Å². The van der Waals surface area contributed by atoms with E-state index in [0.717, 1.165) is 0 Å². The van der Waals surface area contributed by atoms with Crippen LogP contribution in [0.2, 0.25) is 0 Å². The summed E-state index contributed by atoms with van der Waals surface area (Å²) >= 11 is 0. The van der Waals surface area contributed by atoms with E-state index in [1.54, 1.807) is 13.0 Å². The third-order valence-electron chi connectivity index (χ3n) is 6.71. The summed E-state index contributed by atoms with van der Waals surface area (Å²) in [4.78, 5) is 28.2. The minimum Gasteiger partial charge on any atom is -0.508 e. The maximum atomic E-state index is 14.8. The summed E-state index contributed by atoms with van der Waals surface area (Å²) in [5, 5.41) is 13.2. The van der Waals surface area contributed by atoms with Crippen molar-refractivity contribution >= 4 is 22.8 Å². The molecule has 9 nitrogen and oxygen atoms in total. The number of nitrogens with zero attached hydrogens (tertiary/aromatic N) is 1. The number of aromatic hydroxyl groups is 1. The van der Waals surface area contributed by atoms with Crippen LogP contribution in [0.25, 0.3) is 11.0 Å². The van der Waals surface area contributed by atoms with Gasteiger partial charge in [0.1, 0.15) is 42.3 Å². The Morgan fingerprint density at radius 3 is 2.68 bits per heavy atom. The third-order valence-corrected chi connectivity index (χ3v) is 6.71. The van der Waals surface area contributed by atoms with Gasteiger partial charge in [0.15, 0.2) is 5.76 Å². The number of fused-ring (bicyclic) bond motifs is 2. The smallest absolute Gasteiger partial charge is 0.287 e. The number of hydrogen-bond acceptors (Lipinski definition) is 7. The van der Waals surface area contributed by atoms with E-state index in [2.05, 4.69) is 5.32 Å². The summed E-state index contributed by atoms with van der Waals surface area (Å²) in [6, 6.07) is 2.85. The zero-order valence-electron chi connectivity index (χ0n) is 20.0. The number of methoxy groups -OCH3 is 2. The number of furan rings is 1. The molecule has 0 spiro atoms. The van der Waals surface area contributed by atoms with Crippen LogP contribution in [0.4, 0.5) is 4.39 Å². The Kier molecular flexibility index (Phi) is 6.58. The van der Waals surface area contributed by atoms with Gasteiger partial charge in [0.05, 0.1) is 6.54 Å². The standard InChI is InChI=1S/C24H31FN2O7/c1-12(2)8-17(26-22(29)19-13(3)15-9-14(28)6-7-18(15)34-19)23(30)27-10-16(25)20-21(27)24(31-4,32-5)11-33-20/h6-7,9,12,16-17,20-21,28H,8,10-11H2,1-5H3,(H,26,29). The molecule has 1 aromatic carbocycles. The van der Waals surface area contributed by atoms with Gasteiger partial charge in [0.25, 0.3) is 5.91 Å². The van der Waals surface area contributed by atoms with Crippen LogP contribution in [-0.4, -0.2) is 79.3 Å². The predicted molar refractivity (Wildman–Crippen MR) is 120 cm³/mol. The van der Waals surface area contributed by atoms with Crippen LogP contribution in [0.15, 0.2) is 22.6 Å². The van der Waals surface area contributed by atoms with Crippen molar-refractivity contribution in [2.24, 2.45) is 5.92 Å². The molecule has 3 heterocycles. The van der Waals surface area contributed by atoms with Gasteiger partial charge in [-0.15, -0.1) is 0 Å². The van der Waals surface area contributed by atoms with E-state index in [1.807, 2.05) is 13.8 Å². The van der Waals surface area contributed by atoms with Gasteiger partial charge in [-0.3, -0.25) is 9.59 Å². The number of halogens is 1. The fraction of sp³-hybridized carbons (Fsp3) is 0.583. The average Bonchev–Trinajstić information content (AvgIpc) is 3.45.